The van der Waals surface area contributed by atoms with Gasteiger partial charge in [0.2, 0.25) is 16.0 Å². The predicted octanol–water partition coefficient (Wildman–Crippen LogP) is 0.381. The zero-order chi connectivity index (χ0) is 22.3. The van der Waals surface area contributed by atoms with E-state index in [4.69, 9.17) is 22.5 Å². The quantitative estimate of drug-likeness (QED) is 0.184. The maximum Gasteiger partial charge on any atom is 0.353 e. The number of anilines is 1. The largest absolute Gasteiger partial charge is 0.477 e. The molecule has 162 valence electrons. The molecule has 2 aromatic rings. The van der Waals surface area contributed by atoms with E-state index in [0.29, 0.717) is 22.1 Å². The van der Waals surface area contributed by atoms with E-state index in [0.717, 1.165) is 39.5 Å². The average Bonchev–Trinajstić information content (AvgIpc) is 3.34. The summed E-state index contributed by atoms with van der Waals surface area (Å²) in [7, 11) is 0. The van der Waals surface area contributed by atoms with Crippen molar-refractivity contribution >= 4 is 74.9 Å². The van der Waals surface area contributed by atoms with Crippen LogP contribution in [0.4, 0.5) is 5.13 Å². The number of aromatic nitrogens is 4. The molecule has 2 aromatic heterocycles. The number of amides is 2. The number of nitrogens with two attached hydrogens (primary N) is 1. The summed E-state index contributed by atoms with van der Waals surface area (Å²) in [5.41, 5.74) is 4.79. The SMILES string of the molecule is Nc1nc(/C(=N/O)C(=O)NC2C(=O)N3C(C(=O)O)=C(Sc4nnc(Cl)s4)CCC23)ns1. The van der Waals surface area contributed by atoms with Crippen LogP contribution in [0.1, 0.15) is 18.7 Å². The molecule has 2 aliphatic heterocycles. The number of oxime groups is 1. The van der Waals surface area contributed by atoms with Crippen molar-refractivity contribution in [2.75, 3.05) is 5.73 Å². The van der Waals surface area contributed by atoms with Crippen molar-refractivity contribution < 1.29 is 24.7 Å². The van der Waals surface area contributed by atoms with Gasteiger partial charge in [-0.3, -0.25) is 14.5 Å². The average molecular weight is 503 g/mol. The van der Waals surface area contributed by atoms with Gasteiger partial charge >= 0.3 is 5.97 Å². The van der Waals surface area contributed by atoms with Crippen molar-refractivity contribution in [3.8, 4) is 0 Å². The molecular weight excluding hydrogens is 492 g/mol. The third kappa shape index (κ3) is 3.93. The number of carboxylic acids is 1. The Morgan fingerprint density at radius 3 is 2.74 bits per heavy atom. The molecule has 1 saturated heterocycles. The van der Waals surface area contributed by atoms with Gasteiger partial charge in [0.25, 0.3) is 11.8 Å². The number of carboxylic acid groups (broad SMARTS) is 1. The van der Waals surface area contributed by atoms with Crippen LogP contribution in [-0.4, -0.2) is 70.3 Å². The van der Waals surface area contributed by atoms with E-state index in [-0.39, 0.29) is 21.1 Å². The minimum atomic E-state index is -1.28. The standard InChI is InChI=1S/C14H11ClN8O5S3/c15-12-19-20-14(30-12)29-4-2-1-3-5(10(25)23(3)7(4)11(26)27)17-9(24)6(21-28)8-18-13(16)31-22-8/h3,5,28H,1-2H2,(H,17,24)(H,26,27)(H2,16,18,22)/b21-6-. The van der Waals surface area contributed by atoms with E-state index >= 15 is 0 Å². The van der Waals surface area contributed by atoms with Gasteiger partial charge in [0, 0.05) is 16.4 Å². The smallest absolute Gasteiger partial charge is 0.353 e. The highest BCUT2D eigenvalue weighted by atomic mass is 35.5. The summed E-state index contributed by atoms with van der Waals surface area (Å²) in [5.74, 6) is -2.95. The lowest BCUT2D eigenvalue weighted by Gasteiger charge is -2.49. The van der Waals surface area contributed by atoms with Crippen molar-refractivity contribution in [2.24, 2.45) is 5.16 Å². The number of nitrogens with one attached hydrogen (secondary N) is 1. The molecule has 5 N–H and O–H groups in total. The second-order valence-corrected chi connectivity index (χ2v) is 9.86. The Morgan fingerprint density at radius 2 is 2.16 bits per heavy atom. The third-order valence-electron chi connectivity index (χ3n) is 4.44. The first-order chi connectivity index (χ1) is 14.8. The number of carbonyl (C=O) groups is 3. The first kappa shape index (κ1) is 21.4. The molecule has 4 heterocycles. The Hall–Kier alpha value is -2.82. The molecule has 0 bridgehead atoms. The second-order valence-electron chi connectivity index (χ2n) is 6.17. The number of fused-ring (bicyclic) bond motifs is 1. The highest BCUT2D eigenvalue weighted by Gasteiger charge is 2.54. The van der Waals surface area contributed by atoms with Crippen molar-refractivity contribution in [2.45, 2.75) is 29.3 Å². The monoisotopic (exact) mass is 502 g/mol. The number of hydrogen-bond donors (Lipinski definition) is 4. The number of carbonyl (C=O) groups excluding carboxylic acids is 2. The summed E-state index contributed by atoms with van der Waals surface area (Å²) >= 11 is 8.75. The van der Waals surface area contributed by atoms with Crippen LogP contribution >= 0.6 is 46.2 Å². The van der Waals surface area contributed by atoms with Crippen molar-refractivity contribution in [3.05, 3.63) is 20.9 Å². The van der Waals surface area contributed by atoms with Gasteiger partial charge in [-0.05, 0) is 24.4 Å². The van der Waals surface area contributed by atoms with E-state index in [1.165, 1.54) is 0 Å². The summed E-state index contributed by atoms with van der Waals surface area (Å²) in [6.45, 7) is 0. The van der Waals surface area contributed by atoms with Gasteiger partial charge < -0.3 is 21.4 Å². The molecule has 4 rings (SSSR count). The highest BCUT2D eigenvalue weighted by molar-refractivity contribution is 8.04. The van der Waals surface area contributed by atoms with Gasteiger partial charge in [-0.1, -0.05) is 28.3 Å². The molecule has 31 heavy (non-hydrogen) atoms. The topological polar surface area (TPSA) is 197 Å². The molecule has 0 aromatic carbocycles. The fourth-order valence-electron chi connectivity index (χ4n) is 3.20. The summed E-state index contributed by atoms with van der Waals surface area (Å²) in [6.07, 6.45) is 0.741. The lowest BCUT2D eigenvalue weighted by Crippen LogP contribution is -2.72. The zero-order valence-corrected chi connectivity index (χ0v) is 18.3. The Balaban J connectivity index is 1.52. The molecule has 2 unspecified atom stereocenters. The van der Waals surface area contributed by atoms with Crippen LogP contribution in [0.5, 0.6) is 0 Å². The summed E-state index contributed by atoms with van der Waals surface area (Å²) < 4.78 is 4.47. The number of β-lactam (4-membered cyclic amide) rings is 1. The number of hydrogen-bond acceptors (Lipinski definition) is 13. The Bertz CT molecular complexity index is 1150. The molecular formula is C14H11ClN8O5S3. The van der Waals surface area contributed by atoms with Crippen molar-refractivity contribution in [3.63, 3.8) is 0 Å². The van der Waals surface area contributed by atoms with Crippen LogP contribution < -0.4 is 11.1 Å². The first-order valence-corrected chi connectivity index (χ1v) is 11.2. The van der Waals surface area contributed by atoms with Crippen LogP contribution in [0.2, 0.25) is 4.47 Å². The number of halogens is 1. The number of nitrogen functional groups attached to an aromatic ring is 1. The van der Waals surface area contributed by atoms with Gasteiger partial charge in [-0.2, -0.15) is 9.36 Å². The number of aliphatic carboxylic acids is 1. The Labute approximate surface area is 190 Å². The van der Waals surface area contributed by atoms with Crippen LogP contribution in [0, 0.1) is 0 Å². The first-order valence-electron chi connectivity index (χ1n) is 8.39. The lowest BCUT2D eigenvalue weighted by molar-refractivity contribution is -0.155. The molecule has 0 aliphatic carbocycles. The van der Waals surface area contributed by atoms with Crippen LogP contribution in [-0.2, 0) is 14.4 Å². The van der Waals surface area contributed by atoms with Gasteiger partial charge in [0.05, 0.1) is 6.04 Å². The molecule has 2 aliphatic rings. The molecule has 17 heteroatoms. The number of allylic oxidation sites excluding steroid dienone is 1. The molecule has 0 spiro atoms. The molecule has 0 saturated carbocycles. The zero-order valence-electron chi connectivity index (χ0n) is 15.1. The second kappa shape index (κ2) is 8.37. The normalized spacial score (nSPS) is 21.0. The highest BCUT2D eigenvalue weighted by Crippen LogP contribution is 2.43. The molecule has 2 amide bonds. The fourth-order valence-corrected chi connectivity index (χ4v) is 5.84. The van der Waals surface area contributed by atoms with Crippen LogP contribution in [0.3, 0.4) is 0 Å². The fraction of sp³-hybridized carbons (Fsp3) is 0.286. The molecule has 0 radical (unpaired) electrons. The molecule has 2 atom stereocenters. The van der Waals surface area contributed by atoms with Crippen LogP contribution in [0.15, 0.2) is 20.1 Å². The van der Waals surface area contributed by atoms with Crippen molar-refractivity contribution in [1.82, 2.24) is 29.8 Å². The molecule has 1 fully saturated rings. The number of rotatable bonds is 6. The van der Waals surface area contributed by atoms with E-state index in [1.807, 2.05) is 0 Å². The summed E-state index contributed by atoms with van der Waals surface area (Å²) in [4.78, 5) is 42.4. The van der Waals surface area contributed by atoms with E-state index in [1.54, 1.807) is 0 Å². The van der Waals surface area contributed by atoms with Gasteiger partial charge in [0.15, 0.2) is 9.47 Å². The van der Waals surface area contributed by atoms with E-state index in [9.17, 15) is 19.5 Å². The van der Waals surface area contributed by atoms with Gasteiger partial charge in [-0.25, -0.2) is 4.79 Å². The van der Waals surface area contributed by atoms with Gasteiger partial charge in [-0.15, -0.1) is 10.2 Å². The number of thioether (sulfide) groups is 1. The minimum absolute atomic E-state index is 0.0695. The maximum absolute atomic E-state index is 12.7. The third-order valence-corrected chi connectivity index (χ3v) is 7.20. The number of nitrogens with zero attached hydrogens (tertiary/aromatic N) is 6. The van der Waals surface area contributed by atoms with E-state index in [2.05, 4.69) is 30.0 Å². The minimum Gasteiger partial charge on any atom is -0.477 e. The van der Waals surface area contributed by atoms with Gasteiger partial charge in [0.1, 0.15) is 11.7 Å². The predicted molar refractivity (Wildman–Crippen MR) is 110 cm³/mol. The maximum atomic E-state index is 12.7. The molecule has 13 nitrogen and oxygen atoms in total. The lowest BCUT2D eigenvalue weighted by atomic mass is 9.86. The summed E-state index contributed by atoms with van der Waals surface area (Å²) in [6, 6.07) is -1.56. The summed E-state index contributed by atoms with van der Waals surface area (Å²) in [5, 5.41) is 31.8. The van der Waals surface area contributed by atoms with Crippen molar-refractivity contribution in [1.29, 1.82) is 0 Å². The Morgan fingerprint density at radius 1 is 1.39 bits per heavy atom. The Kier molecular flexibility index (Phi) is 5.78. The van der Waals surface area contributed by atoms with Crippen LogP contribution in [0.25, 0.3) is 0 Å². The van der Waals surface area contributed by atoms with E-state index < -0.39 is 35.6 Å².